The van der Waals surface area contributed by atoms with Crippen molar-refractivity contribution < 1.29 is 8.78 Å². The zero-order chi connectivity index (χ0) is 17.4. The quantitative estimate of drug-likeness (QED) is 0.765. The molecule has 7 heteroatoms. The van der Waals surface area contributed by atoms with Gasteiger partial charge in [-0.1, -0.05) is 18.2 Å². The van der Waals surface area contributed by atoms with Gasteiger partial charge in [0.25, 0.3) is 5.92 Å². The molecule has 0 unspecified atom stereocenters. The molecule has 25 heavy (non-hydrogen) atoms. The Kier molecular flexibility index (Phi) is 3.97. The van der Waals surface area contributed by atoms with E-state index in [2.05, 4.69) is 20.9 Å². The molecule has 3 aromatic rings. The largest absolute Gasteiger partial charge is 0.270 e. The van der Waals surface area contributed by atoms with Gasteiger partial charge in [-0.2, -0.15) is 5.10 Å². The first-order valence-corrected chi connectivity index (χ1v) is 8.27. The van der Waals surface area contributed by atoms with Crippen LogP contribution in [0, 0.1) is 5.92 Å². The SMILES string of the molecule is CC(F)(F)c1cccc(-c2cnc3cnn(CC4CNNC4)c3c2)c1. The Morgan fingerprint density at radius 3 is 2.72 bits per heavy atom. The third-order valence-corrected chi connectivity index (χ3v) is 4.54. The van der Waals surface area contributed by atoms with Gasteiger partial charge in [0.15, 0.2) is 0 Å². The maximum atomic E-state index is 13.6. The molecule has 0 atom stereocenters. The first-order chi connectivity index (χ1) is 12.0. The Morgan fingerprint density at radius 1 is 1.16 bits per heavy atom. The minimum Gasteiger partial charge on any atom is -0.263 e. The number of fused-ring (bicyclic) bond motifs is 1. The highest BCUT2D eigenvalue weighted by atomic mass is 19.3. The van der Waals surface area contributed by atoms with E-state index in [1.54, 1.807) is 18.5 Å². The lowest BCUT2D eigenvalue weighted by Gasteiger charge is -2.12. The lowest BCUT2D eigenvalue weighted by Crippen LogP contribution is -2.21. The maximum Gasteiger partial charge on any atom is 0.270 e. The van der Waals surface area contributed by atoms with Gasteiger partial charge >= 0.3 is 0 Å². The molecule has 0 radical (unpaired) electrons. The smallest absolute Gasteiger partial charge is 0.263 e. The van der Waals surface area contributed by atoms with Crippen molar-refractivity contribution in [1.82, 2.24) is 25.6 Å². The first kappa shape index (κ1) is 16.1. The van der Waals surface area contributed by atoms with Gasteiger partial charge in [0.1, 0.15) is 5.52 Å². The van der Waals surface area contributed by atoms with E-state index >= 15 is 0 Å². The van der Waals surface area contributed by atoms with Crippen LogP contribution < -0.4 is 10.9 Å². The van der Waals surface area contributed by atoms with Crippen LogP contribution in [0.1, 0.15) is 12.5 Å². The monoisotopic (exact) mass is 343 g/mol. The van der Waals surface area contributed by atoms with E-state index in [4.69, 9.17) is 0 Å². The molecule has 3 heterocycles. The number of hydrogen-bond acceptors (Lipinski definition) is 4. The molecule has 1 saturated heterocycles. The number of nitrogens with one attached hydrogen (secondary N) is 2. The van der Waals surface area contributed by atoms with Crippen LogP contribution in [0.5, 0.6) is 0 Å². The minimum absolute atomic E-state index is 0.00158. The fraction of sp³-hybridized carbons (Fsp3) is 0.333. The molecular formula is C18H19F2N5. The normalized spacial score (nSPS) is 16.0. The Balaban J connectivity index is 1.71. The molecule has 5 nitrogen and oxygen atoms in total. The molecule has 0 spiro atoms. The predicted molar refractivity (Wildman–Crippen MR) is 92.0 cm³/mol. The van der Waals surface area contributed by atoms with E-state index in [1.807, 2.05) is 16.8 Å². The fourth-order valence-corrected chi connectivity index (χ4v) is 3.11. The van der Waals surface area contributed by atoms with E-state index in [1.165, 1.54) is 12.1 Å². The van der Waals surface area contributed by atoms with E-state index in [-0.39, 0.29) is 5.56 Å². The van der Waals surface area contributed by atoms with Crippen LogP contribution >= 0.6 is 0 Å². The average Bonchev–Trinajstić information content (AvgIpc) is 3.24. The van der Waals surface area contributed by atoms with Gasteiger partial charge in [0.05, 0.1) is 11.7 Å². The van der Waals surface area contributed by atoms with Crippen LogP contribution in [0.2, 0.25) is 0 Å². The summed E-state index contributed by atoms with van der Waals surface area (Å²) < 4.78 is 29.1. The highest BCUT2D eigenvalue weighted by molar-refractivity contribution is 5.80. The Morgan fingerprint density at radius 2 is 1.96 bits per heavy atom. The summed E-state index contributed by atoms with van der Waals surface area (Å²) in [5.74, 6) is -2.41. The molecule has 0 bridgehead atoms. The summed E-state index contributed by atoms with van der Waals surface area (Å²) in [6.07, 6.45) is 3.45. The van der Waals surface area contributed by atoms with E-state index in [9.17, 15) is 8.78 Å². The minimum atomic E-state index is -2.86. The number of hydrogen-bond donors (Lipinski definition) is 2. The Bertz CT molecular complexity index is 894. The second-order valence-electron chi connectivity index (χ2n) is 6.55. The van der Waals surface area contributed by atoms with Gasteiger partial charge in [-0.15, -0.1) is 0 Å². The average molecular weight is 343 g/mol. The highest BCUT2D eigenvalue weighted by Crippen LogP contribution is 2.31. The molecule has 0 aliphatic carbocycles. The highest BCUT2D eigenvalue weighted by Gasteiger charge is 2.24. The molecule has 1 fully saturated rings. The summed E-state index contributed by atoms with van der Waals surface area (Å²) in [4.78, 5) is 4.44. The van der Waals surface area contributed by atoms with Crippen molar-refractivity contribution in [3.63, 3.8) is 0 Å². The van der Waals surface area contributed by atoms with Crippen molar-refractivity contribution in [2.45, 2.75) is 19.4 Å². The zero-order valence-corrected chi connectivity index (χ0v) is 13.8. The molecule has 1 aliphatic rings. The van der Waals surface area contributed by atoms with E-state index in [0.29, 0.717) is 5.92 Å². The summed E-state index contributed by atoms with van der Waals surface area (Å²) in [6.45, 7) is 3.47. The van der Waals surface area contributed by atoms with Gasteiger partial charge in [0.2, 0.25) is 0 Å². The number of pyridine rings is 1. The van der Waals surface area contributed by atoms with Gasteiger partial charge in [-0.05, 0) is 17.7 Å². The van der Waals surface area contributed by atoms with Crippen LogP contribution in [0.15, 0.2) is 42.7 Å². The van der Waals surface area contributed by atoms with Crippen molar-refractivity contribution in [2.75, 3.05) is 13.1 Å². The van der Waals surface area contributed by atoms with Crippen molar-refractivity contribution in [3.8, 4) is 11.1 Å². The van der Waals surface area contributed by atoms with Crippen LogP contribution in [0.25, 0.3) is 22.2 Å². The van der Waals surface area contributed by atoms with Crippen LogP contribution in [-0.4, -0.2) is 27.9 Å². The van der Waals surface area contributed by atoms with Crippen molar-refractivity contribution in [2.24, 2.45) is 5.92 Å². The molecule has 1 aromatic carbocycles. The molecule has 130 valence electrons. The van der Waals surface area contributed by atoms with Crippen molar-refractivity contribution >= 4 is 11.0 Å². The van der Waals surface area contributed by atoms with Crippen molar-refractivity contribution in [3.05, 3.63) is 48.3 Å². The summed E-state index contributed by atoms with van der Waals surface area (Å²) in [5.41, 5.74) is 9.48. The molecule has 2 aromatic heterocycles. The van der Waals surface area contributed by atoms with Gasteiger partial charge < -0.3 is 0 Å². The maximum absolute atomic E-state index is 13.6. The van der Waals surface area contributed by atoms with Gasteiger partial charge in [0, 0.05) is 49.8 Å². The van der Waals surface area contributed by atoms with Crippen LogP contribution in [0.4, 0.5) is 8.78 Å². The first-order valence-electron chi connectivity index (χ1n) is 8.27. The van der Waals surface area contributed by atoms with E-state index < -0.39 is 5.92 Å². The summed E-state index contributed by atoms with van der Waals surface area (Å²) in [7, 11) is 0. The molecule has 0 amide bonds. The van der Waals surface area contributed by atoms with E-state index in [0.717, 1.165) is 48.7 Å². The van der Waals surface area contributed by atoms with Crippen molar-refractivity contribution in [1.29, 1.82) is 0 Å². The topological polar surface area (TPSA) is 54.8 Å². The Hall–Kier alpha value is -2.38. The molecular weight excluding hydrogens is 324 g/mol. The number of halogens is 2. The number of benzene rings is 1. The third kappa shape index (κ3) is 3.25. The van der Waals surface area contributed by atoms with Gasteiger partial charge in [-0.3, -0.25) is 20.5 Å². The molecule has 4 rings (SSSR count). The lowest BCUT2D eigenvalue weighted by atomic mass is 10.0. The Labute approximate surface area is 144 Å². The number of nitrogens with zero attached hydrogens (tertiary/aromatic N) is 3. The fourth-order valence-electron chi connectivity index (χ4n) is 3.11. The predicted octanol–water partition coefficient (Wildman–Crippen LogP) is 2.93. The number of alkyl halides is 2. The summed E-state index contributed by atoms with van der Waals surface area (Å²) in [6, 6.07) is 8.41. The van der Waals surface area contributed by atoms with Crippen LogP contribution in [-0.2, 0) is 12.5 Å². The molecule has 0 saturated carbocycles. The number of hydrazine groups is 1. The summed E-state index contributed by atoms with van der Waals surface area (Å²) in [5, 5.41) is 4.43. The summed E-state index contributed by atoms with van der Waals surface area (Å²) >= 11 is 0. The second kappa shape index (κ2) is 6.16. The number of aromatic nitrogens is 3. The zero-order valence-electron chi connectivity index (χ0n) is 13.8. The molecule has 2 N–H and O–H groups in total. The number of rotatable bonds is 4. The molecule has 1 aliphatic heterocycles. The standard InChI is InChI=1S/C18H19F2N5/c1-18(19,20)15-4-2-3-13(5-15)14-6-17-16(21-9-14)10-24-25(17)11-12-7-22-23-8-12/h2-6,9-10,12,22-23H,7-8,11H2,1H3. The van der Waals surface area contributed by atoms with Gasteiger partial charge in [-0.25, -0.2) is 8.78 Å². The second-order valence-corrected chi connectivity index (χ2v) is 6.55. The van der Waals surface area contributed by atoms with Crippen LogP contribution in [0.3, 0.4) is 0 Å². The lowest BCUT2D eigenvalue weighted by molar-refractivity contribution is 0.0175. The third-order valence-electron chi connectivity index (χ3n) is 4.54.